The topological polar surface area (TPSA) is 75.3 Å². The van der Waals surface area contributed by atoms with E-state index in [2.05, 4.69) is 10.6 Å². The van der Waals surface area contributed by atoms with Crippen LogP contribution in [0.2, 0.25) is 0 Å². The van der Waals surface area contributed by atoms with Gasteiger partial charge in [-0.1, -0.05) is 71.8 Å². The van der Waals surface area contributed by atoms with E-state index in [1.165, 1.54) is 0 Å². The maximum Gasteiger partial charge on any atom is 0.257 e. The highest BCUT2D eigenvalue weighted by atomic mass is 16.2. The van der Waals surface area contributed by atoms with Crippen LogP contribution in [0.4, 0.5) is 11.4 Å². The van der Waals surface area contributed by atoms with Gasteiger partial charge in [0, 0.05) is 16.7 Å². The third-order valence-corrected chi connectivity index (χ3v) is 5.40. The van der Waals surface area contributed by atoms with Gasteiger partial charge in [-0.05, 0) is 50.2 Å². The van der Waals surface area contributed by atoms with Gasteiger partial charge in [-0.15, -0.1) is 0 Å². The van der Waals surface area contributed by atoms with Gasteiger partial charge in [-0.3, -0.25) is 14.4 Å². The first-order valence-corrected chi connectivity index (χ1v) is 10.9. The number of hydrogen-bond donors (Lipinski definition) is 2. The second-order valence-electron chi connectivity index (χ2n) is 8.07. The van der Waals surface area contributed by atoms with Gasteiger partial charge in [-0.25, -0.2) is 0 Å². The maximum atomic E-state index is 13.2. The number of rotatable bonds is 6. The van der Waals surface area contributed by atoms with E-state index in [0.29, 0.717) is 33.6 Å². The van der Waals surface area contributed by atoms with E-state index in [9.17, 15) is 14.4 Å². The van der Waals surface area contributed by atoms with Gasteiger partial charge in [0.2, 0.25) is 0 Å². The molecule has 0 radical (unpaired) electrons. The highest BCUT2D eigenvalue weighted by molar-refractivity contribution is 6.17. The molecule has 0 bridgehead atoms. The van der Waals surface area contributed by atoms with Crippen LogP contribution in [0.3, 0.4) is 0 Å². The Balaban J connectivity index is 1.61. The Hall–Kier alpha value is -4.51. The summed E-state index contributed by atoms with van der Waals surface area (Å²) in [4.78, 5) is 39.1. The number of carbonyl (C=O) groups is 3. The number of benzene rings is 4. The van der Waals surface area contributed by atoms with Crippen LogP contribution in [0.15, 0.2) is 97.1 Å². The van der Waals surface area contributed by atoms with Gasteiger partial charge in [0.25, 0.3) is 11.8 Å². The number of ketones is 1. The first-order valence-electron chi connectivity index (χ1n) is 10.9. The normalized spacial score (nSPS) is 10.4. The van der Waals surface area contributed by atoms with Crippen LogP contribution in [0.25, 0.3) is 0 Å². The van der Waals surface area contributed by atoms with E-state index in [0.717, 1.165) is 11.1 Å². The van der Waals surface area contributed by atoms with Gasteiger partial charge < -0.3 is 10.6 Å². The molecule has 4 aromatic carbocycles. The quantitative estimate of drug-likeness (QED) is 0.353. The highest BCUT2D eigenvalue weighted by Crippen LogP contribution is 2.24. The zero-order valence-corrected chi connectivity index (χ0v) is 19.0. The molecule has 0 fully saturated rings. The largest absolute Gasteiger partial charge is 0.321 e. The molecular weight excluding hydrogens is 424 g/mol. The van der Waals surface area contributed by atoms with Crippen molar-refractivity contribution in [2.45, 2.75) is 13.8 Å². The summed E-state index contributed by atoms with van der Waals surface area (Å²) in [6, 6.07) is 28.3. The molecule has 0 unspecified atom stereocenters. The smallest absolute Gasteiger partial charge is 0.257 e. The molecule has 4 aromatic rings. The van der Waals surface area contributed by atoms with E-state index >= 15 is 0 Å². The molecule has 0 atom stereocenters. The van der Waals surface area contributed by atoms with Crippen molar-refractivity contribution < 1.29 is 14.4 Å². The first-order chi connectivity index (χ1) is 16.4. The lowest BCUT2D eigenvalue weighted by Gasteiger charge is -2.14. The summed E-state index contributed by atoms with van der Waals surface area (Å²) in [5.41, 5.74) is 4.40. The van der Waals surface area contributed by atoms with Crippen LogP contribution in [0, 0.1) is 13.8 Å². The molecule has 0 spiro atoms. The number of nitrogens with one attached hydrogen (secondary N) is 2. The van der Waals surface area contributed by atoms with Crippen molar-refractivity contribution in [3.8, 4) is 0 Å². The third-order valence-electron chi connectivity index (χ3n) is 5.40. The minimum Gasteiger partial charge on any atom is -0.321 e. The lowest BCUT2D eigenvalue weighted by atomic mass is 9.99. The van der Waals surface area contributed by atoms with Crippen LogP contribution < -0.4 is 10.6 Å². The van der Waals surface area contributed by atoms with Crippen LogP contribution in [0.1, 0.15) is 47.8 Å². The zero-order chi connectivity index (χ0) is 24.1. The second kappa shape index (κ2) is 9.96. The number of carbonyl (C=O) groups excluding carboxylic acids is 3. The third kappa shape index (κ3) is 5.10. The first kappa shape index (κ1) is 22.7. The molecule has 2 amide bonds. The Morgan fingerprint density at radius 2 is 1.15 bits per heavy atom. The Morgan fingerprint density at radius 3 is 1.91 bits per heavy atom. The molecule has 2 N–H and O–H groups in total. The minimum absolute atomic E-state index is 0.180. The summed E-state index contributed by atoms with van der Waals surface area (Å²) < 4.78 is 0. The van der Waals surface area contributed by atoms with Crippen LogP contribution >= 0.6 is 0 Å². The molecule has 0 aliphatic heterocycles. The SMILES string of the molecule is Cc1cccc(C(=O)Nc2ccccc2C(=O)Nc2ccc(C)cc2C(=O)c2ccccc2)c1. The van der Waals surface area contributed by atoms with E-state index in [1.54, 1.807) is 72.8 Å². The van der Waals surface area contributed by atoms with Crippen LogP contribution in [-0.2, 0) is 0 Å². The summed E-state index contributed by atoms with van der Waals surface area (Å²) in [7, 11) is 0. The molecule has 0 aliphatic rings. The van der Waals surface area contributed by atoms with Crippen molar-refractivity contribution in [2.24, 2.45) is 0 Å². The van der Waals surface area contributed by atoms with E-state index in [4.69, 9.17) is 0 Å². The summed E-state index contributed by atoms with van der Waals surface area (Å²) in [6.45, 7) is 3.80. The van der Waals surface area contributed by atoms with Gasteiger partial charge in [0.1, 0.15) is 0 Å². The van der Waals surface area contributed by atoms with E-state index < -0.39 is 5.91 Å². The molecular formula is C29H24N2O3. The van der Waals surface area contributed by atoms with E-state index in [1.807, 2.05) is 38.1 Å². The Labute approximate surface area is 198 Å². The molecule has 0 saturated carbocycles. The number of para-hydroxylation sites is 1. The monoisotopic (exact) mass is 448 g/mol. The van der Waals surface area contributed by atoms with Crippen molar-refractivity contribution in [3.05, 3.63) is 130 Å². The highest BCUT2D eigenvalue weighted by Gasteiger charge is 2.19. The Bertz CT molecular complexity index is 1380. The summed E-state index contributed by atoms with van der Waals surface area (Å²) >= 11 is 0. The van der Waals surface area contributed by atoms with Gasteiger partial charge in [0.05, 0.1) is 16.9 Å². The number of aryl methyl sites for hydroxylation is 2. The van der Waals surface area contributed by atoms with Gasteiger partial charge >= 0.3 is 0 Å². The molecule has 0 heterocycles. The lowest BCUT2D eigenvalue weighted by molar-refractivity contribution is 0.102. The molecule has 5 nitrogen and oxygen atoms in total. The fraction of sp³-hybridized carbons (Fsp3) is 0.0690. The van der Waals surface area contributed by atoms with E-state index in [-0.39, 0.29) is 11.7 Å². The molecule has 0 aliphatic carbocycles. The van der Waals surface area contributed by atoms with Crippen molar-refractivity contribution in [2.75, 3.05) is 10.6 Å². The fourth-order valence-electron chi connectivity index (χ4n) is 3.66. The fourth-order valence-corrected chi connectivity index (χ4v) is 3.66. The maximum absolute atomic E-state index is 13.2. The zero-order valence-electron chi connectivity index (χ0n) is 19.0. The second-order valence-corrected chi connectivity index (χ2v) is 8.07. The molecule has 0 aromatic heterocycles. The summed E-state index contributed by atoms with van der Waals surface area (Å²) in [6.07, 6.45) is 0. The van der Waals surface area contributed by atoms with Gasteiger partial charge in [0.15, 0.2) is 5.78 Å². The molecule has 168 valence electrons. The van der Waals surface area contributed by atoms with Crippen molar-refractivity contribution >= 4 is 29.0 Å². The van der Waals surface area contributed by atoms with Crippen molar-refractivity contribution in [1.29, 1.82) is 0 Å². The molecule has 4 rings (SSSR count). The number of hydrogen-bond acceptors (Lipinski definition) is 3. The van der Waals surface area contributed by atoms with Crippen molar-refractivity contribution in [3.63, 3.8) is 0 Å². The summed E-state index contributed by atoms with van der Waals surface area (Å²) in [5, 5.41) is 5.68. The Morgan fingerprint density at radius 1 is 0.529 bits per heavy atom. The standard InChI is InChI=1S/C29H24N2O3/c1-19-9-8-12-22(17-19)28(33)30-25-14-7-6-13-23(25)29(34)31-26-16-15-20(2)18-24(26)27(32)21-10-4-3-5-11-21/h3-18H,1-2H3,(H,30,33)(H,31,34). The van der Waals surface area contributed by atoms with Crippen molar-refractivity contribution in [1.82, 2.24) is 0 Å². The lowest BCUT2D eigenvalue weighted by Crippen LogP contribution is -2.19. The molecule has 0 saturated heterocycles. The predicted octanol–water partition coefficient (Wildman–Crippen LogP) is 6.04. The predicted molar refractivity (Wildman–Crippen MR) is 135 cm³/mol. The Kier molecular flexibility index (Phi) is 6.64. The number of amides is 2. The minimum atomic E-state index is -0.425. The molecule has 5 heteroatoms. The molecule has 34 heavy (non-hydrogen) atoms. The summed E-state index contributed by atoms with van der Waals surface area (Å²) in [5.74, 6) is -0.911. The average Bonchev–Trinajstić information content (AvgIpc) is 2.85. The number of anilines is 2. The van der Waals surface area contributed by atoms with Crippen LogP contribution in [0.5, 0.6) is 0 Å². The van der Waals surface area contributed by atoms with Crippen LogP contribution in [-0.4, -0.2) is 17.6 Å². The van der Waals surface area contributed by atoms with Gasteiger partial charge in [-0.2, -0.15) is 0 Å². The average molecular weight is 449 g/mol.